The van der Waals surface area contributed by atoms with Crippen molar-refractivity contribution in [1.82, 2.24) is 15.1 Å². The summed E-state index contributed by atoms with van der Waals surface area (Å²) in [4.78, 5) is 29.5. The molecule has 0 spiro atoms. The van der Waals surface area contributed by atoms with E-state index in [2.05, 4.69) is 26.1 Å². The summed E-state index contributed by atoms with van der Waals surface area (Å²) in [5.41, 5.74) is 1.25. The van der Waals surface area contributed by atoms with Gasteiger partial charge in [0.1, 0.15) is 0 Å². The summed E-state index contributed by atoms with van der Waals surface area (Å²) in [5.74, 6) is 1.41. The SMILES string of the molecule is CN(CC(C)(C)C)C(=O)c1cccc(C(=O)N2CC[C@@H]3CNC[C@@H]3CC2)c1. The number of carbonyl (C=O) groups excluding carboxylic acids is 2. The first-order valence-corrected chi connectivity index (χ1v) is 10.1. The van der Waals surface area contributed by atoms with Gasteiger partial charge in [-0.3, -0.25) is 9.59 Å². The molecule has 2 amide bonds. The van der Waals surface area contributed by atoms with E-state index in [4.69, 9.17) is 0 Å². The standard InChI is InChI=1S/C22H33N3O2/c1-22(2,3)15-24(4)20(26)16-6-5-7-17(12-16)21(27)25-10-8-18-13-23-14-19(18)9-11-25/h5-7,12,18-19,23H,8-11,13-15H2,1-4H3/t18-,19+. The molecule has 27 heavy (non-hydrogen) atoms. The predicted octanol–water partition coefficient (Wildman–Crippen LogP) is 2.88. The van der Waals surface area contributed by atoms with E-state index in [1.54, 1.807) is 17.0 Å². The molecule has 2 heterocycles. The third-order valence-corrected chi connectivity index (χ3v) is 5.72. The smallest absolute Gasteiger partial charge is 0.253 e. The van der Waals surface area contributed by atoms with Crippen LogP contribution >= 0.6 is 0 Å². The Labute approximate surface area is 163 Å². The van der Waals surface area contributed by atoms with Crippen molar-refractivity contribution >= 4 is 11.8 Å². The highest BCUT2D eigenvalue weighted by atomic mass is 16.2. The Hall–Kier alpha value is -1.88. The van der Waals surface area contributed by atoms with Gasteiger partial charge in [-0.1, -0.05) is 26.8 Å². The fourth-order valence-corrected chi connectivity index (χ4v) is 4.39. The van der Waals surface area contributed by atoms with Gasteiger partial charge in [-0.05, 0) is 61.4 Å². The highest BCUT2D eigenvalue weighted by molar-refractivity contribution is 5.99. The van der Waals surface area contributed by atoms with Crippen molar-refractivity contribution in [2.45, 2.75) is 33.6 Å². The van der Waals surface area contributed by atoms with Crippen LogP contribution in [0.15, 0.2) is 24.3 Å². The molecule has 1 aromatic carbocycles. The van der Waals surface area contributed by atoms with Crippen LogP contribution in [0.4, 0.5) is 0 Å². The van der Waals surface area contributed by atoms with Crippen molar-refractivity contribution in [2.75, 3.05) is 39.8 Å². The summed E-state index contributed by atoms with van der Waals surface area (Å²) < 4.78 is 0. The number of rotatable bonds is 3. The molecule has 2 fully saturated rings. The molecular weight excluding hydrogens is 338 g/mol. The number of benzene rings is 1. The Bertz CT molecular complexity index is 681. The highest BCUT2D eigenvalue weighted by Gasteiger charge is 2.31. The second kappa shape index (κ2) is 8.01. The summed E-state index contributed by atoms with van der Waals surface area (Å²) >= 11 is 0. The number of hydrogen-bond donors (Lipinski definition) is 1. The molecule has 1 N–H and O–H groups in total. The summed E-state index contributed by atoms with van der Waals surface area (Å²) in [7, 11) is 1.82. The van der Waals surface area contributed by atoms with E-state index in [1.807, 2.05) is 24.1 Å². The molecule has 2 atom stereocenters. The Kier molecular flexibility index (Phi) is 5.89. The lowest BCUT2D eigenvalue weighted by atomic mass is 9.92. The molecule has 2 aliphatic rings. The van der Waals surface area contributed by atoms with Gasteiger partial charge in [0.15, 0.2) is 0 Å². The fourth-order valence-electron chi connectivity index (χ4n) is 4.39. The molecule has 5 nitrogen and oxygen atoms in total. The van der Waals surface area contributed by atoms with Gasteiger partial charge in [0.2, 0.25) is 0 Å². The van der Waals surface area contributed by atoms with Crippen LogP contribution in [0.3, 0.4) is 0 Å². The maximum atomic E-state index is 13.0. The Morgan fingerprint density at radius 1 is 1.11 bits per heavy atom. The molecule has 3 rings (SSSR count). The van der Waals surface area contributed by atoms with E-state index < -0.39 is 0 Å². The van der Waals surface area contributed by atoms with E-state index in [9.17, 15) is 9.59 Å². The van der Waals surface area contributed by atoms with Gasteiger partial charge in [-0.2, -0.15) is 0 Å². The van der Waals surface area contributed by atoms with E-state index >= 15 is 0 Å². The summed E-state index contributed by atoms with van der Waals surface area (Å²) in [6, 6.07) is 7.21. The number of amides is 2. The molecule has 5 heteroatoms. The monoisotopic (exact) mass is 371 g/mol. The maximum absolute atomic E-state index is 13.0. The second-order valence-corrected chi connectivity index (χ2v) is 9.35. The average Bonchev–Trinajstić information content (AvgIpc) is 2.97. The van der Waals surface area contributed by atoms with Gasteiger partial charge in [0, 0.05) is 37.8 Å². The van der Waals surface area contributed by atoms with Crippen LogP contribution in [0.25, 0.3) is 0 Å². The van der Waals surface area contributed by atoms with Crippen LogP contribution in [-0.2, 0) is 0 Å². The third kappa shape index (κ3) is 4.89. The first-order chi connectivity index (χ1) is 12.7. The van der Waals surface area contributed by atoms with Gasteiger partial charge < -0.3 is 15.1 Å². The van der Waals surface area contributed by atoms with Crippen LogP contribution in [-0.4, -0.2) is 61.4 Å². The van der Waals surface area contributed by atoms with Crippen molar-refractivity contribution in [3.8, 4) is 0 Å². The minimum Gasteiger partial charge on any atom is -0.341 e. The summed E-state index contributed by atoms with van der Waals surface area (Å²) in [6.45, 7) is 10.8. The van der Waals surface area contributed by atoms with Crippen molar-refractivity contribution in [3.63, 3.8) is 0 Å². The molecule has 0 radical (unpaired) electrons. The van der Waals surface area contributed by atoms with Crippen LogP contribution in [0.1, 0.15) is 54.3 Å². The lowest BCUT2D eigenvalue weighted by molar-refractivity contribution is 0.0745. The lowest BCUT2D eigenvalue weighted by Crippen LogP contribution is -2.35. The number of likely N-dealkylation sites (tertiary alicyclic amines) is 1. The highest BCUT2D eigenvalue weighted by Crippen LogP contribution is 2.27. The molecule has 2 aliphatic heterocycles. The second-order valence-electron chi connectivity index (χ2n) is 9.35. The molecule has 0 aliphatic carbocycles. The zero-order valence-corrected chi connectivity index (χ0v) is 17.1. The number of nitrogens with zero attached hydrogens (tertiary/aromatic N) is 2. The number of carbonyl (C=O) groups is 2. The Morgan fingerprint density at radius 2 is 1.70 bits per heavy atom. The van der Waals surface area contributed by atoms with Gasteiger partial charge in [0.05, 0.1) is 0 Å². The van der Waals surface area contributed by atoms with Crippen molar-refractivity contribution in [3.05, 3.63) is 35.4 Å². The molecule has 0 aromatic heterocycles. The number of hydrogen-bond acceptors (Lipinski definition) is 3. The van der Waals surface area contributed by atoms with Crippen LogP contribution < -0.4 is 5.32 Å². The molecule has 0 bridgehead atoms. The zero-order chi connectivity index (χ0) is 19.6. The van der Waals surface area contributed by atoms with Gasteiger partial charge in [-0.15, -0.1) is 0 Å². The zero-order valence-electron chi connectivity index (χ0n) is 17.1. The quantitative estimate of drug-likeness (QED) is 0.889. The lowest BCUT2D eigenvalue weighted by Gasteiger charge is -2.27. The van der Waals surface area contributed by atoms with Crippen LogP contribution in [0.2, 0.25) is 0 Å². The fraction of sp³-hybridized carbons (Fsp3) is 0.636. The largest absolute Gasteiger partial charge is 0.341 e. The summed E-state index contributed by atoms with van der Waals surface area (Å²) in [5, 5.41) is 3.47. The molecule has 0 saturated carbocycles. The van der Waals surface area contributed by atoms with E-state index in [-0.39, 0.29) is 17.2 Å². The Balaban J connectivity index is 1.69. The van der Waals surface area contributed by atoms with Gasteiger partial charge in [-0.25, -0.2) is 0 Å². The van der Waals surface area contributed by atoms with Crippen LogP contribution in [0.5, 0.6) is 0 Å². The van der Waals surface area contributed by atoms with Crippen molar-refractivity contribution in [2.24, 2.45) is 17.3 Å². The van der Waals surface area contributed by atoms with E-state index in [0.29, 0.717) is 29.5 Å². The van der Waals surface area contributed by atoms with Gasteiger partial charge >= 0.3 is 0 Å². The summed E-state index contributed by atoms with van der Waals surface area (Å²) in [6.07, 6.45) is 2.13. The topological polar surface area (TPSA) is 52.7 Å². The van der Waals surface area contributed by atoms with E-state index in [1.165, 1.54) is 0 Å². The number of nitrogens with one attached hydrogen (secondary N) is 1. The third-order valence-electron chi connectivity index (χ3n) is 5.72. The minimum absolute atomic E-state index is 0.0314. The predicted molar refractivity (Wildman–Crippen MR) is 108 cm³/mol. The molecule has 2 saturated heterocycles. The molecule has 148 valence electrons. The Morgan fingerprint density at radius 3 is 2.30 bits per heavy atom. The van der Waals surface area contributed by atoms with Gasteiger partial charge in [0.25, 0.3) is 11.8 Å². The van der Waals surface area contributed by atoms with E-state index in [0.717, 1.165) is 39.0 Å². The molecular formula is C22H33N3O2. The number of fused-ring (bicyclic) bond motifs is 1. The molecule has 1 aromatic rings. The van der Waals surface area contributed by atoms with Crippen molar-refractivity contribution in [1.29, 1.82) is 0 Å². The first kappa shape index (κ1) is 19.9. The maximum Gasteiger partial charge on any atom is 0.253 e. The molecule has 0 unspecified atom stereocenters. The minimum atomic E-state index is -0.0314. The van der Waals surface area contributed by atoms with Crippen molar-refractivity contribution < 1.29 is 9.59 Å². The first-order valence-electron chi connectivity index (χ1n) is 10.1. The normalized spacial score (nSPS) is 22.9. The van der Waals surface area contributed by atoms with Crippen LogP contribution in [0, 0.1) is 17.3 Å². The average molecular weight is 372 g/mol.